The van der Waals surface area contributed by atoms with E-state index in [1.54, 1.807) is 6.26 Å². The molecule has 128 valence electrons. The second-order valence-electron chi connectivity index (χ2n) is 6.75. The Bertz CT molecular complexity index is 915. The maximum Gasteiger partial charge on any atom is 0.254 e. The zero-order valence-electron chi connectivity index (χ0n) is 14.6. The maximum absolute atomic E-state index is 13.0. The quantitative estimate of drug-likeness (QED) is 0.708. The number of carbonyl (C=O) groups is 1. The van der Waals surface area contributed by atoms with Crippen LogP contribution < -0.4 is 4.90 Å². The lowest BCUT2D eigenvalue weighted by Crippen LogP contribution is -2.54. The number of hydrogen-bond donors (Lipinski definition) is 0. The highest BCUT2D eigenvalue weighted by atomic mass is 16.3. The fraction of sp³-hybridized carbons (Fsp3) is 0.286. The van der Waals surface area contributed by atoms with Gasteiger partial charge in [-0.05, 0) is 49.7 Å². The minimum Gasteiger partial charge on any atom is -0.464 e. The van der Waals surface area contributed by atoms with Crippen LogP contribution in [0.5, 0.6) is 0 Å². The molecule has 0 aliphatic carbocycles. The molecule has 4 heteroatoms. The van der Waals surface area contributed by atoms with Gasteiger partial charge in [0.05, 0.1) is 6.26 Å². The molecule has 0 unspecified atom stereocenters. The molecule has 1 aliphatic rings. The van der Waals surface area contributed by atoms with Crippen LogP contribution in [0.4, 0.5) is 5.69 Å². The van der Waals surface area contributed by atoms with E-state index in [0.717, 1.165) is 36.2 Å². The summed E-state index contributed by atoms with van der Waals surface area (Å²) in [6, 6.07) is 16.1. The lowest BCUT2D eigenvalue weighted by Gasteiger charge is -2.41. The second-order valence-corrected chi connectivity index (χ2v) is 6.75. The zero-order valence-corrected chi connectivity index (χ0v) is 14.6. The largest absolute Gasteiger partial charge is 0.464 e. The molecule has 25 heavy (non-hydrogen) atoms. The number of anilines is 1. The van der Waals surface area contributed by atoms with Crippen molar-refractivity contribution in [2.24, 2.45) is 0 Å². The first-order chi connectivity index (χ1) is 12.1. The smallest absolute Gasteiger partial charge is 0.254 e. The average molecular weight is 334 g/mol. The number of benzene rings is 2. The van der Waals surface area contributed by atoms with Crippen LogP contribution in [-0.2, 0) is 0 Å². The minimum absolute atomic E-state index is 0.0973. The highest BCUT2D eigenvalue weighted by Gasteiger charge is 2.28. The van der Waals surface area contributed by atoms with Gasteiger partial charge in [0.2, 0.25) is 0 Å². The molecule has 0 saturated carbocycles. The topological polar surface area (TPSA) is 36.7 Å². The molecule has 1 aliphatic heterocycles. The highest BCUT2D eigenvalue weighted by molar-refractivity contribution is 5.98. The van der Waals surface area contributed by atoms with E-state index in [4.69, 9.17) is 4.42 Å². The van der Waals surface area contributed by atoms with Gasteiger partial charge in [-0.15, -0.1) is 0 Å². The molecule has 1 amide bonds. The molecular weight excluding hydrogens is 312 g/mol. The molecule has 2 aromatic carbocycles. The molecule has 4 nitrogen and oxygen atoms in total. The van der Waals surface area contributed by atoms with Crippen LogP contribution in [0.25, 0.3) is 11.0 Å². The third-order valence-corrected chi connectivity index (χ3v) is 5.04. The van der Waals surface area contributed by atoms with Crippen molar-refractivity contribution in [2.75, 3.05) is 24.5 Å². The molecule has 4 rings (SSSR count). The number of rotatable bonds is 2. The third kappa shape index (κ3) is 2.88. The van der Waals surface area contributed by atoms with Gasteiger partial charge in [0.15, 0.2) is 0 Å². The van der Waals surface area contributed by atoms with E-state index in [9.17, 15) is 4.79 Å². The van der Waals surface area contributed by atoms with Gasteiger partial charge in [-0.2, -0.15) is 0 Å². The Morgan fingerprint density at radius 3 is 2.76 bits per heavy atom. The average Bonchev–Trinajstić information content (AvgIpc) is 3.09. The Labute approximate surface area is 147 Å². The molecule has 1 fully saturated rings. The summed E-state index contributed by atoms with van der Waals surface area (Å²) >= 11 is 0. The standard InChI is InChI=1S/C21H22N2O2/c1-15-5-3-4-6-19(15)22-10-11-23(16(2)14-22)21(24)18-7-8-20-17(13-18)9-12-25-20/h3-9,12-13,16H,10-11,14H2,1-2H3/t16-/m0/s1. The molecule has 0 bridgehead atoms. The number of fused-ring (bicyclic) bond motifs is 1. The Kier molecular flexibility index (Phi) is 3.96. The van der Waals surface area contributed by atoms with Crippen LogP contribution in [0.3, 0.4) is 0 Å². The molecule has 0 spiro atoms. The third-order valence-electron chi connectivity index (χ3n) is 5.04. The van der Waals surface area contributed by atoms with Crippen LogP contribution in [-0.4, -0.2) is 36.5 Å². The van der Waals surface area contributed by atoms with E-state index >= 15 is 0 Å². The van der Waals surface area contributed by atoms with Gasteiger partial charge in [0, 0.05) is 42.3 Å². The number of nitrogens with zero attached hydrogens (tertiary/aromatic N) is 2. The van der Waals surface area contributed by atoms with Crippen LogP contribution in [0.2, 0.25) is 0 Å². The summed E-state index contributed by atoms with van der Waals surface area (Å²) in [5, 5.41) is 0.969. The van der Waals surface area contributed by atoms with E-state index in [1.807, 2.05) is 29.2 Å². The lowest BCUT2D eigenvalue weighted by molar-refractivity contribution is 0.0674. The molecule has 2 heterocycles. The molecule has 1 saturated heterocycles. The van der Waals surface area contributed by atoms with Crippen molar-refractivity contribution in [1.82, 2.24) is 4.90 Å². The molecule has 0 N–H and O–H groups in total. The van der Waals surface area contributed by atoms with Crippen molar-refractivity contribution in [2.45, 2.75) is 19.9 Å². The van der Waals surface area contributed by atoms with Gasteiger partial charge in [0.25, 0.3) is 5.91 Å². The van der Waals surface area contributed by atoms with E-state index in [2.05, 4.69) is 43.0 Å². The van der Waals surface area contributed by atoms with Crippen LogP contribution >= 0.6 is 0 Å². The summed E-state index contributed by atoms with van der Waals surface area (Å²) in [6.45, 7) is 6.70. The number of aryl methyl sites for hydroxylation is 1. The lowest BCUT2D eigenvalue weighted by atomic mass is 10.1. The first-order valence-electron chi connectivity index (χ1n) is 8.72. The molecule has 1 aromatic heterocycles. The predicted molar refractivity (Wildman–Crippen MR) is 100 cm³/mol. The van der Waals surface area contributed by atoms with Crippen LogP contribution in [0.15, 0.2) is 59.2 Å². The van der Waals surface area contributed by atoms with E-state index in [-0.39, 0.29) is 11.9 Å². The number of hydrogen-bond acceptors (Lipinski definition) is 3. The number of furan rings is 1. The summed E-state index contributed by atoms with van der Waals surface area (Å²) in [5.41, 5.74) is 4.08. The predicted octanol–water partition coefficient (Wildman–Crippen LogP) is 4.09. The summed E-state index contributed by atoms with van der Waals surface area (Å²) < 4.78 is 5.36. The van der Waals surface area contributed by atoms with Crippen molar-refractivity contribution in [1.29, 1.82) is 0 Å². The van der Waals surface area contributed by atoms with E-state index in [1.165, 1.54) is 11.3 Å². The Balaban J connectivity index is 1.52. The van der Waals surface area contributed by atoms with Gasteiger partial charge in [-0.25, -0.2) is 0 Å². The molecule has 1 atom stereocenters. The summed E-state index contributed by atoms with van der Waals surface area (Å²) in [4.78, 5) is 17.3. The SMILES string of the molecule is Cc1ccccc1N1CCN(C(=O)c2ccc3occc3c2)[C@@H](C)C1. The fourth-order valence-corrected chi connectivity index (χ4v) is 3.66. The van der Waals surface area contributed by atoms with Gasteiger partial charge < -0.3 is 14.2 Å². The van der Waals surface area contributed by atoms with Gasteiger partial charge in [-0.3, -0.25) is 4.79 Å². The second kappa shape index (κ2) is 6.28. The Morgan fingerprint density at radius 2 is 1.96 bits per heavy atom. The van der Waals surface area contributed by atoms with Crippen molar-refractivity contribution in [3.05, 3.63) is 65.9 Å². The van der Waals surface area contributed by atoms with Crippen LogP contribution in [0, 0.1) is 6.92 Å². The monoisotopic (exact) mass is 334 g/mol. The van der Waals surface area contributed by atoms with Crippen LogP contribution in [0.1, 0.15) is 22.8 Å². The first kappa shape index (κ1) is 15.8. The minimum atomic E-state index is 0.0973. The number of piperazine rings is 1. The first-order valence-corrected chi connectivity index (χ1v) is 8.72. The number of para-hydroxylation sites is 1. The summed E-state index contributed by atoms with van der Waals surface area (Å²) in [5.74, 6) is 0.0973. The van der Waals surface area contributed by atoms with Gasteiger partial charge in [0.1, 0.15) is 5.58 Å². The maximum atomic E-state index is 13.0. The van der Waals surface area contributed by atoms with Crippen molar-refractivity contribution in [3.8, 4) is 0 Å². The molecule has 3 aromatic rings. The summed E-state index contributed by atoms with van der Waals surface area (Å²) in [6.07, 6.45) is 1.66. The normalized spacial score (nSPS) is 17.9. The Hall–Kier alpha value is -2.75. The van der Waals surface area contributed by atoms with Crippen molar-refractivity contribution >= 4 is 22.6 Å². The van der Waals surface area contributed by atoms with E-state index in [0.29, 0.717) is 0 Å². The molecular formula is C21H22N2O2. The fourth-order valence-electron chi connectivity index (χ4n) is 3.66. The zero-order chi connectivity index (χ0) is 17.4. The Morgan fingerprint density at radius 1 is 1.12 bits per heavy atom. The van der Waals surface area contributed by atoms with E-state index < -0.39 is 0 Å². The van der Waals surface area contributed by atoms with Gasteiger partial charge >= 0.3 is 0 Å². The number of carbonyl (C=O) groups excluding carboxylic acids is 1. The molecule has 0 radical (unpaired) electrons. The summed E-state index contributed by atoms with van der Waals surface area (Å²) in [7, 11) is 0. The number of amides is 1. The highest BCUT2D eigenvalue weighted by Crippen LogP contribution is 2.24. The van der Waals surface area contributed by atoms with Crippen molar-refractivity contribution < 1.29 is 9.21 Å². The van der Waals surface area contributed by atoms with Gasteiger partial charge in [-0.1, -0.05) is 18.2 Å². The van der Waals surface area contributed by atoms with Crippen molar-refractivity contribution in [3.63, 3.8) is 0 Å².